The third kappa shape index (κ3) is 3.52. The summed E-state index contributed by atoms with van der Waals surface area (Å²) in [5.41, 5.74) is 0.841. The predicted molar refractivity (Wildman–Crippen MR) is 74.1 cm³/mol. The molecule has 0 spiro atoms. The summed E-state index contributed by atoms with van der Waals surface area (Å²) in [6, 6.07) is 3.89. The fraction of sp³-hybridized carbons (Fsp3) is 0.308. The second-order valence-electron chi connectivity index (χ2n) is 3.62. The summed E-state index contributed by atoms with van der Waals surface area (Å²) in [6.07, 6.45) is 4.29. The fourth-order valence-corrected chi connectivity index (χ4v) is 1.49. The van der Waals surface area contributed by atoms with Crippen molar-refractivity contribution in [3.8, 4) is 0 Å². The van der Waals surface area contributed by atoms with Crippen molar-refractivity contribution in [1.29, 1.82) is 0 Å². The summed E-state index contributed by atoms with van der Waals surface area (Å²) in [6.45, 7) is 10.1. The van der Waals surface area contributed by atoms with E-state index in [0.29, 0.717) is 5.84 Å². The Hall–Kier alpha value is -1.97. The molecule has 0 aliphatic heterocycles. The van der Waals surface area contributed by atoms with Gasteiger partial charge in [-0.05, 0) is 25.3 Å². The van der Waals surface area contributed by atoms with Gasteiger partial charge >= 0.3 is 0 Å². The molecule has 1 rings (SSSR count). The van der Waals surface area contributed by atoms with Gasteiger partial charge in [0, 0.05) is 31.6 Å². The van der Waals surface area contributed by atoms with E-state index in [1.807, 2.05) is 19.2 Å². The Labute approximate surface area is 102 Å². The Balaban J connectivity index is 2.90. The van der Waals surface area contributed by atoms with E-state index in [1.165, 1.54) is 6.20 Å². The van der Waals surface area contributed by atoms with Crippen molar-refractivity contribution in [2.75, 3.05) is 18.5 Å². The Bertz CT molecular complexity index is 406. The molecule has 0 unspecified atom stereocenters. The number of aliphatic imine (C=N–C) groups is 2. The van der Waals surface area contributed by atoms with E-state index < -0.39 is 0 Å². The van der Waals surface area contributed by atoms with Crippen molar-refractivity contribution in [1.82, 2.24) is 4.98 Å². The highest BCUT2D eigenvalue weighted by Gasteiger charge is 2.04. The van der Waals surface area contributed by atoms with Gasteiger partial charge in [-0.1, -0.05) is 13.5 Å². The van der Waals surface area contributed by atoms with Crippen LogP contribution in [-0.2, 0) is 0 Å². The summed E-state index contributed by atoms with van der Waals surface area (Å²) in [7, 11) is 2.02. The summed E-state index contributed by atoms with van der Waals surface area (Å²) < 4.78 is 0. The van der Waals surface area contributed by atoms with Crippen molar-refractivity contribution >= 4 is 18.4 Å². The fourth-order valence-electron chi connectivity index (χ4n) is 1.49. The molecule has 90 valence electrons. The zero-order valence-electron chi connectivity index (χ0n) is 10.4. The Kier molecular flexibility index (Phi) is 5.07. The Morgan fingerprint density at radius 2 is 2.29 bits per heavy atom. The van der Waals surface area contributed by atoms with Crippen LogP contribution in [0.3, 0.4) is 0 Å². The molecule has 0 aromatic carbocycles. The first kappa shape index (κ1) is 13.1. The van der Waals surface area contributed by atoms with Crippen LogP contribution < -0.4 is 4.90 Å². The predicted octanol–water partition coefficient (Wildman–Crippen LogP) is 2.52. The maximum atomic E-state index is 4.37. The monoisotopic (exact) mass is 230 g/mol. The zero-order chi connectivity index (χ0) is 12.7. The van der Waals surface area contributed by atoms with E-state index in [1.54, 1.807) is 6.20 Å². The molecular weight excluding hydrogens is 212 g/mol. The summed E-state index contributed by atoms with van der Waals surface area (Å²) >= 11 is 0. The second kappa shape index (κ2) is 6.58. The van der Waals surface area contributed by atoms with Crippen molar-refractivity contribution in [3.63, 3.8) is 0 Å². The van der Waals surface area contributed by atoms with Crippen molar-refractivity contribution in [2.24, 2.45) is 9.98 Å². The standard InChI is InChI=1S/C13H18N4/c1-5-9-17(4)12-8-7-11(10-16-12)13(14-3)15-6-2/h6-8,10H,2-3,5,9H2,1,4H3. The molecule has 1 aromatic heterocycles. The van der Waals surface area contributed by atoms with E-state index in [2.05, 4.69) is 40.1 Å². The van der Waals surface area contributed by atoms with Gasteiger partial charge in [0.25, 0.3) is 0 Å². The van der Waals surface area contributed by atoms with Gasteiger partial charge in [0.1, 0.15) is 5.82 Å². The minimum absolute atomic E-state index is 0.539. The third-order valence-corrected chi connectivity index (χ3v) is 2.32. The molecule has 0 saturated carbocycles. The van der Waals surface area contributed by atoms with E-state index in [9.17, 15) is 0 Å². The number of pyridine rings is 1. The molecule has 0 radical (unpaired) electrons. The molecule has 0 fully saturated rings. The van der Waals surface area contributed by atoms with Gasteiger partial charge in [0.05, 0.1) is 0 Å². The quantitative estimate of drug-likeness (QED) is 0.576. The number of amidine groups is 1. The van der Waals surface area contributed by atoms with Gasteiger partial charge in [-0.25, -0.2) is 15.0 Å². The molecule has 4 nitrogen and oxygen atoms in total. The smallest absolute Gasteiger partial charge is 0.160 e. The van der Waals surface area contributed by atoms with Crippen LogP contribution >= 0.6 is 0 Å². The van der Waals surface area contributed by atoms with Crippen LogP contribution in [0.2, 0.25) is 0 Å². The molecule has 0 saturated heterocycles. The lowest BCUT2D eigenvalue weighted by atomic mass is 10.2. The molecule has 17 heavy (non-hydrogen) atoms. The van der Waals surface area contributed by atoms with Crippen molar-refractivity contribution < 1.29 is 0 Å². The Morgan fingerprint density at radius 1 is 1.53 bits per heavy atom. The molecular formula is C13H18N4. The number of aromatic nitrogens is 1. The van der Waals surface area contributed by atoms with E-state index in [0.717, 1.165) is 24.3 Å². The van der Waals surface area contributed by atoms with Gasteiger partial charge in [0.15, 0.2) is 5.84 Å². The summed E-state index contributed by atoms with van der Waals surface area (Å²) in [5, 5.41) is 0. The molecule has 0 amide bonds. The lowest BCUT2D eigenvalue weighted by molar-refractivity contribution is 0.837. The molecule has 1 heterocycles. The third-order valence-electron chi connectivity index (χ3n) is 2.32. The summed E-state index contributed by atoms with van der Waals surface area (Å²) in [4.78, 5) is 14.3. The van der Waals surface area contributed by atoms with Crippen molar-refractivity contribution in [3.05, 3.63) is 36.7 Å². The highest BCUT2D eigenvalue weighted by atomic mass is 15.2. The molecule has 1 aromatic rings. The number of hydrogen-bond donors (Lipinski definition) is 0. The van der Waals surface area contributed by atoms with E-state index in [-0.39, 0.29) is 0 Å². The van der Waals surface area contributed by atoms with Gasteiger partial charge in [0.2, 0.25) is 0 Å². The van der Waals surface area contributed by atoms with Crippen LogP contribution in [0, 0.1) is 0 Å². The summed E-state index contributed by atoms with van der Waals surface area (Å²) in [5.74, 6) is 1.48. The SMILES string of the molecule is C=CN=C(N=C)c1ccc(N(C)CCC)nc1. The molecule has 0 aliphatic rings. The van der Waals surface area contributed by atoms with Gasteiger partial charge < -0.3 is 4.90 Å². The van der Waals surface area contributed by atoms with Gasteiger partial charge in [-0.2, -0.15) is 0 Å². The van der Waals surface area contributed by atoms with Crippen LogP contribution in [0.4, 0.5) is 5.82 Å². The average molecular weight is 230 g/mol. The molecule has 4 heteroatoms. The first-order valence-corrected chi connectivity index (χ1v) is 5.56. The second-order valence-corrected chi connectivity index (χ2v) is 3.62. The highest BCUT2D eigenvalue weighted by Crippen LogP contribution is 2.11. The van der Waals surface area contributed by atoms with Gasteiger partial charge in [-0.3, -0.25) is 0 Å². The molecule has 0 N–H and O–H groups in total. The molecule has 0 bridgehead atoms. The molecule has 0 atom stereocenters. The Morgan fingerprint density at radius 3 is 2.76 bits per heavy atom. The number of rotatable bonds is 5. The van der Waals surface area contributed by atoms with E-state index in [4.69, 9.17) is 0 Å². The highest BCUT2D eigenvalue weighted by molar-refractivity contribution is 6.01. The molecule has 0 aliphatic carbocycles. The topological polar surface area (TPSA) is 40.9 Å². The minimum Gasteiger partial charge on any atom is -0.360 e. The van der Waals surface area contributed by atoms with E-state index >= 15 is 0 Å². The maximum absolute atomic E-state index is 4.37. The average Bonchev–Trinajstić information content (AvgIpc) is 2.36. The first-order valence-electron chi connectivity index (χ1n) is 5.56. The largest absolute Gasteiger partial charge is 0.360 e. The van der Waals surface area contributed by atoms with Crippen molar-refractivity contribution in [2.45, 2.75) is 13.3 Å². The van der Waals surface area contributed by atoms with Crippen LogP contribution in [0.25, 0.3) is 0 Å². The lowest BCUT2D eigenvalue weighted by Crippen LogP contribution is -2.19. The van der Waals surface area contributed by atoms with Crippen LogP contribution in [0.15, 0.2) is 41.1 Å². The normalized spacial score (nSPS) is 11.1. The van der Waals surface area contributed by atoms with Crippen LogP contribution in [0.5, 0.6) is 0 Å². The van der Waals surface area contributed by atoms with Crippen LogP contribution in [0.1, 0.15) is 18.9 Å². The zero-order valence-corrected chi connectivity index (χ0v) is 10.4. The number of nitrogens with zero attached hydrogens (tertiary/aromatic N) is 4. The number of hydrogen-bond acceptors (Lipinski definition) is 3. The maximum Gasteiger partial charge on any atom is 0.160 e. The van der Waals surface area contributed by atoms with Crippen LogP contribution in [-0.4, -0.2) is 31.1 Å². The van der Waals surface area contributed by atoms with Gasteiger partial charge in [-0.15, -0.1) is 0 Å². The first-order chi connectivity index (χ1) is 8.22. The minimum atomic E-state index is 0.539. The lowest BCUT2D eigenvalue weighted by Gasteiger charge is -2.16. The number of anilines is 1.